The van der Waals surface area contributed by atoms with Gasteiger partial charge in [0.2, 0.25) is 0 Å². The third kappa shape index (κ3) is 5.57. The van der Waals surface area contributed by atoms with Gasteiger partial charge < -0.3 is 14.4 Å². The number of aryl methyl sites for hydroxylation is 1. The van der Waals surface area contributed by atoms with Crippen molar-refractivity contribution < 1.29 is 18.5 Å². The Balaban J connectivity index is 1.35. The van der Waals surface area contributed by atoms with Crippen LogP contribution >= 0.6 is 11.6 Å². The van der Waals surface area contributed by atoms with Crippen LogP contribution in [0.1, 0.15) is 74.4 Å². The van der Waals surface area contributed by atoms with E-state index in [4.69, 9.17) is 21.1 Å². The van der Waals surface area contributed by atoms with Gasteiger partial charge in [0, 0.05) is 34.3 Å². The number of hydrogen-bond donors (Lipinski definition) is 1. The molecule has 6 rings (SSSR count). The smallest absolute Gasteiger partial charge is 0.263 e. The Morgan fingerprint density at radius 1 is 1.22 bits per heavy atom. The van der Waals surface area contributed by atoms with Gasteiger partial charge in [-0.3, -0.25) is 9.52 Å². The molecule has 1 saturated carbocycles. The lowest BCUT2D eigenvalue weighted by molar-refractivity contribution is 0.0979. The number of benzene rings is 2. The second-order valence-electron chi connectivity index (χ2n) is 12.6. The highest BCUT2D eigenvalue weighted by Gasteiger charge is 2.56. The van der Waals surface area contributed by atoms with Gasteiger partial charge in [-0.1, -0.05) is 36.7 Å². The number of carbonyl (C=O) groups is 1. The van der Waals surface area contributed by atoms with Gasteiger partial charge in [-0.05, 0) is 106 Å². The molecule has 2 aromatic rings. The first-order valence-corrected chi connectivity index (χ1v) is 16.7. The molecule has 2 fully saturated rings. The van der Waals surface area contributed by atoms with Crippen LogP contribution in [0.4, 0.5) is 5.69 Å². The lowest BCUT2D eigenvalue weighted by Gasteiger charge is -2.45. The van der Waals surface area contributed by atoms with Gasteiger partial charge >= 0.3 is 0 Å². The lowest BCUT2D eigenvalue weighted by atomic mass is 9.66. The Kier molecular flexibility index (Phi) is 7.98. The minimum Gasteiger partial charge on any atom is -0.490 e. The molecule has 1 N–H and O–H groups in total. The van der Waals surface area contributed by atoms with Crippen LogP contribution < -0.4 is 14.4 Å². The number of amides is 1. The van der Waals surface area contributed by atoms with Crippen LogP contribution in [0.2, 0.25) is 5.02 Å². The summed E-state index contributed by atoms with van der Waals surface area (Å²) in [5.74, 6) is 1.45. The number of allylic oxidation sites excluding steroid dienone is 1. The molecule has 4 aliphatic rings. The molecular formula is C33H41ClN2O4S. The number of nitrogens with one attached hydrogen (secondary N) is 1. The van der Waals surface area contributed by atoms with Crippen molar-refractivity contribution in [3.8, 4) is 5.75 Å². The van der Waals surface area contributed by atoms with Crippen LogP contribution in [0.25, 0.3) is 0 Å². The maximum Gasteiger partial charge on any atom is 0.263 e. The van der Waals surface area contributed by atoms with Gasteiger partial charge in [0.1, 0.15) is 22.3 Å². The molecule has 8 heteroatoms. The molecule has 1 amide bonds. The number of ether oxygens (including phenoxy) is 2. The first kappa shape index (κ1) is 28.8. The Bertz CT molecular complexity index is 1370. The zero-order chi connectivity index (χ0) is 28.8. The third-order valence-electron chi connectivity index (χ3n) is 9.53. The summed E-state index contributed by atoms with van der Waals surface area (Å²) in [6.07, 6.45) is 11.0. The van der Waals surface area contributed by atoms with Gasteiger partial charge in [0.25, 0.3) is 5.91 Å². The second kappa shape index (κ2) is 11.4. The average Bonchev–Trinajstić information content (AvgIpc) is 3.73. The van der Waals surface area contributed by atoms with Gasteiger partial charge in [0.15, 0.2) is 0 Å². The fourth-order valence-corrected chi connectivity index (χ4v) is 7.80. The molecule has 41 heavy (non-hydrogen) atoms. The highest BCUT2D eigenvalue weighted by molar-refractivity contribution is 7.84. The molecule has 0 aromatic heterocycles. The number of hydrogen-bond acceptors (Lipinski definition) is 5. The van der Waals surface area contributed by atoms with E-state index in [0.717, 1.165) is 68.3 Å². The lowest BCUT2D eigenvalue weighted by Crippen LogP contribution is -2.50. The molecule has 1 saturated heterocycles. The van der Waals surface area contributed by atoms with E-state index in [1.54, 1.807) is 6.07 Å². The van der Waals surface area contributed by atoms with Gasteiger partial charge in [-0.25, -0.2) is 4.21 Å². The summed E-state index contributed by atoms with van der Waals surface area (Å²) in [6, 6.07) is 11.9. The van der Waals surface area contributed by atoms with Gasteiger partial charge in [0.05, 0.1) is 18.9 Å². The molecule has 6 nitrogen and oxygen atoms in total. The molecule has 2 aromatic carbocycles. The third-order valence-corrected chi connectivity index (χ3v) is 11.0. The van der Waals surface area contributed by atoms with Crippen molar-refractivity contribution in [1.82, 2.24) is 4.72 Å². The van der Waals surface area contributed by atoms with E-state index in [1.807, 2.05) is 32.0 Å². The summed E-state index contributed by atoms with van der Waals surface area (Å²) in [5.41, 5.74) is 3.79. The second-order valence-corrected chi connectivity index (χ2v) is 14.7. The standard InChI is InChI=1S/C33H41ClN2O4S/c1-4-5-15-33(21-40-33)28-11-8-25(28)18-36-19-32(14-6-7-23-16-26(34)10-12-27(23)32)20-39-30-13-9-24(17-29(30)36)31(37)35-41(38)22(2)3/h5,9-10,12-13,15-17,22,25,28H,4,6-8,11,14,18-21H2,1-3H3,(H,35,37)/b15-5+/t25?,28?,32-,33-,41?/m0/s1. The number of rotatable bonds is 8. The number of anilines is 1. The largest absolute Gasteiger partial charge is 0.490 e. The SMILES string of the molecule is CC/C=C/[C@@]1(C2CCC2CN2C[C@@]3(CCCc4cc(Cl)ccc43)COc3ccc(C(=O)NS(=O)C(C)C)cc32)CO1. The first-order chi connectivity index (χ1) is 19.7. The zero-order valence-electron chi connectivity index (χ0n) is 24.3. The molecule has 5 atom stereocenters. The molecule has 0 radical (unpaired) electrons. The maximum atomic E-state index is 13.1. The number of epoxide rings is 1. The van der Waals surface area contributed by atoms with Gasteiger partial charge in [-0.15, -0.1) is 0 Å². The highest BCUT2D eigenvalue weighted by Crippen LogP contribution is 2.52. The summed E-state index contributed by atoms with van der Waals surface area (Å²) in [6.45, 7) is 8.89. The summed E-state index contributed by atoms with van der Waals surface area (Å²) in [7, 11) is -1.44. The summed E-state index contributed by atoms with van der Waals surface area (Å²) < 4.78 is 27.7. The summed E-state index contributed by atoms with van der Waals surface area (Å²) >= 11 is 6.42. The molecule has 220 valence electrons. The Hall–Kier alpha value is -2.35. The quantitative estimate of drug-likeness (QED) is 0.283. The van der Waals surface area contributed by atoms with E-state index in [2.05, 4.69) is 40.8 Å². The van der Waals surface area contributed by atoms with Crippen molar-refractivity contribution in [2.24, 2.45) is 11.8 Å². The minimum absolute atomic E-state index is 0.112. The maximum absolute atomic E-state index is 13.1. The van der Waals surface area contributed by atoms with Crippen LogP contribution in [0.3, 0.4) is 0 Å². The minimum atomic E-state index is -1.44. The van der Waals surface area contributed by atoms with E-state index in [9.17, 15) is 9.00 Å². The molecular weight excluding hydrogens is 556 g/mol. The van der Waals surface area contributed by atoms with Crippen molar-refractivity contribution >= 4 is 34.2 Å². The summed E-state index contributed by atoms with van der Waals surface area (Å²) in [4.78, 5) is 15.6. The number of carbonyl (C=O) groups excluding carboxylic acids is 1. The van der Waals surface area contributed by atoms with E-state index in [1.165, 1.54) is 17.5 Å². The fourth-order valence-electron chi connectivity index (χ4n) is 7.07. The van der Waals surface area contributed by atoms with E-state index in [0.29, 0.717) is 24.0 Å². The Morgan fingerprint density at radius 3 is 2.76 bits per heavy atom. The molecule has 2 heterocycles. The van der Waals surface area contributed by atoms with Crippen molar-refractivity contribution in [2.75, 3.05) is 31.2 Å². The molecule has 0 bridgehead atoms. The Labute approximate surface area is 251 Å². The van der Waals surface area contributed by atoms with Crippen molar-refractivity contribution in [3.05, 3.63) is 70.3 Å². The molecule has 3 unspecified atom stereocenters. The predicted molar refractivity (Wildman–Crippen MR) is 165 cm³/mol. The fraction of sp³-hybridized carbons (Fsp3) is 0.545. The van der Waals surface area contributed by atoms with Crippen LogP contribution in [0.5, 0.6) is 5.75 Å². The zero-order valence-corrected chi connectivity index (χ0v) is 25.9. The molecule has 2 aliphatic carbocycles. The van der Waals surface area contributed by atoms with Crippen LogP contribution in [-0.4, -0.2) is 47.3 Å². The molecule has 2 aliphatic heterocycles. The van der Waals surface area contributed by atoms with Crippen LogP contribution in [0, 0.1) is 11.8 Å². The normalized spacial score (nSPS) is 29.3. The average molecular weight is 597 g/mol. The van der Waals surface area contributed by atoms with Crippen molar-refractivity contribution in [1.29, 1.82) is 0 Å². The van der Waals surface area contributed by atoms with E-state index in [-0.39, 0.29) is 22.2 Å². The van der Waals surface area contributed by atoms with E-state index < -0.39 is 11.0 Å². The highest BCUT2D eigenvalue weighted by atomic mass is 35.5. The summed E-state index contributed by atoms with van der Waals surface area (Å²) in [5, 5.41) is 0.616. The van der Waals surface area contributed by atoms with E-state index >= 15 is 0 Å². The van der Waals surface area contributed by atoms with Crippen LogP contribution in [0.15, 0.2) is 48.6 Å². The van der Waals surface area contributed by atoms with Crippen LogP contribution in [-0.2, 0) is 27.6 Å². The topological polar surface area (TPSA) is 71.2 Å². The predicted octanol–water partition coefficient (Wildman–Crippen LogP) is 6.38. The number of fused-ring (bicyclic) bond motifs is 3. The van der Waals surface area contributed by atoms with Gasteiger partial charge in [-0.2, -0.15) is 0 Å². The number of nitrogens with zero attached hydrogens (tertiary/aromatic N) is 1. The monoisotopic (exact) mass is 596 g/mol. The van der Waals surface area contributed by atoms with Crippen molar-refractivity contribution in [2.45, 2.75) is 75.6 Å². The number of halogens is 1. The first-order valence-electron chi connectivity index (χ1n) is 15.1. The molecule has 1 spiro atoms. The Morgan fingerprint density at radius 2 is 2.05 bits per heavy atom. The van der Waals surface area contributed by atoms with Crippen molar-refractivity contribution in [3.63, 3.8) is 0 Å².